The molecular weight excluding hydrogens is 200 g/mol. The normalized spacial score (nSPS) is 14.8. The van der Waals surface area contributed by atoms with Crippen LogP contribution in [0.1, 0.15) is 24.0 Å². The van der Waals surface area contributed by atoms with Crippen LogP contribution >= 0.6 is 0 Å². The Morgan fingerprint density at radius 2 is 1.94 bits per heavy atom. The molecule has 0 bridgehead atoms. The smallest absolute Gasteiger partial charge is 0.292 e. The van der Waals surface area contributed by atoms with Crippen LogP contribution in [0.2, 0.25) is 0 Å². The van der Waals surface area contributed by atoms with E-state index in [2.05, 4.69) is 23.2 Å². The topological polar surface area (TPSA) is 52.0 Å². The van der Waals surface area contributed by atoms with E-state index >= 15 is 0 Å². The highest BCUT2D eigenvalue weighted by Gasteiger charge is 2.11. The van der Waals surface area contributed by atoms with Crippen molar-refractivity contribution in [1.29, 1.82) is 0 Å². The third-order valence-corrected chi connectivity index (χ3v) is 3.16. The Hall–Kier alpha value is -1.77. The van der Waals surface area contributed by atoms with Gasteiger partial charge in [-0.3, -0.25) is 0 Å². The molecule has 0 fully saturated rings. The number of nitrogens with two attached hydrogens (primary N) is 1. The molecule has 82 valence electrons. The number of aryl methyl sites for hydroxylation is 2. The van der Waals surface area contributed by atoms with Gasteiger partial charge in [0.2, 0.25) is 0 Å². The van der Waals surface area contributed by atoms with Crippen molar-refractivity contribution in [3.8, 4) is 11.3 Å². The predicted molar refractivity (Wildman–Crippen MR) is 63.0 cm³/mol. The van der Waals surface area contributed by atoms with E-state index in [-0.39, 0.29) is 6.01 Å². The highest BCUT2D eigenvalue weighted by Crippen LogP contribution is 2.28. The van der Waals surface area contributed by atoms with Gasteiger partial charge in [-0.25, -0.2) is 4.98 Å². The van der Waals surface area contributed by atoms with Crippen LogP contribution in [0.5, 0.6) is 0 Å². The molecule has 0 amide bonds. The van der Waals surface area contributed by atoms with Gasteiger partial charge in [0.1, 0.15) is 0 Å². The molecule has 1 heterocycles. The number of fused-ring (bicyclic) bond motifs is 1. The maximum absolute atomic E-state index is 5.48. The first-order chi connectivity index (χ1) is 7.83. The molecule has 0 spiro atoms. The average Bonchev–Trinajstić information content (AvgIpc) is 2.75. The maximum Gasteiger partial charge on any atom is 0.292 e. The molecule has 3 rings (SSSR count). The zero-order chi connectivity index (χ0) is 11.0. The fourth-order valence-electron chi connectivity index (χ4n) is 2.31. The molecule has 16 heavy (non-hydrogen) atoms. The van der Waals surface area contributed by atoms with Gasteiger partial charge < -0.3 is 10.2 Å². The van der Waals surface area contributed by atoms with Gasteiger partial charge in [-0.05, 0) is 42.9 Å². The molecule has 0 saturated carbocycles. The number of hydrogen-bond donors (Lipinski definition) is 1. The zero-order valence-corrected chi connectivity index (χ0v) is 9.07. The summed E-state index contributed by atoms with van der Waals surface area (Å²) in [6.07, 6.45) is 6.65. The maximum atomic E-state index is 5.48. The first-order valence-electron chi connectivity index (χ1n) is 5.66. The van der Waals surface area contributed by atoms with Crippen molar-refractivity contribution in [2.75, 3.05) is 5.73 Å². The summed E-state index contributed by atoms with van der Waals surface area (Å²) in [7, 11) is 0. The largest absolute Gasteiger partial charge is 0.424 e. The molecule has 1 aliphatic rings. The van der Waals surface area contributed by atoms with Crippen LogP contribution in [0, 0.1) is 0 Å². The number of rotatable bonds is 1. The Kier molecular flexibility index (Phi) is 2.17. The molecule has 1 aliphatic carbocycles. The lowest BCUT2D eigenvalue weighted by molar-refractivity contribution is 0.594. The van der Waals surface area contributed by atoms with E-state index in [9.17, 15) is 0 Å². The number of anilines is 1. The number of hydrogen-bond acceptors (Lipinski definition) is 3. The fourth-order valence-corrected chi connectivity index (χ4v) is 2.31. The lowest BCUT2D eigenvalue weighted by Gasteiger charge is -2.15. The molecular formula is C13H14N2O. The highest BCUT2D eigenvalue weighted by atomic mass is 16.4. The number of aromatic nitrogens is 1. The Morgan fingerprint density at radius 1 is 1.12 bits per heavy atom. The third kappa shape index (κ3) is 1.58. The molecule has 0 aliphatic heterocycles. The second-order valence-corrected chi connectivity index (χ2v) is 4.25. The van der Waals surface area contributed by atoms with E-state index in [1.54, 1.807) is 6.20 Å². The Morgan fingerprint density at radius 3 is 2.69 bits per heavy atom. The lowest BCUT2D eigenvalue weighted by atomic mass is 9.90. The molecule has 3 nitrogen and oxygen atoms in total. The SMILES string of the molecule is Nc1ncc(-c2ccc3c(c2)CCCC3)o1. The quantitative estimate of drug-likeness (QED) is 0.794. The number of oxazole rings is 1. The van der Waals surface area contributed by atoms with Crippen molar-refractivity contribution in [3.05, 3.63) is 35.5 Å². The van der Waals surface area contributed by atoms with Crippen LogP contribution in [-0.2, 0) is 12.8 Å². The number of nitrogens with zero attached hydrogens (tertiary/aromatic N) is 1. The molecule has 0 saturated heterocycles. The minimum Gasteiger partial charge on any atom is -0.424 e. The molecule has 1 aromatic carbocycles. The van der Waals surface area contributed by atoms with Crippen molar-refractivity contribution in [2.45, 2.75) is 25.7 Å². The average molecular weight is 214 g/mol. The van der Waals surface area contributed by atoms with Gasteiger partial charge in [-0.15, -0.1) is 0 Å². The first-order valence-corrected chi connectivity index (χ1v) is 5.66. The summed E-state index contributed by atoms with van der Waals surface area (Å²) >= 11 is 0. The summed E-state index contributed by atoms with van der Waals surface area (Å²) in [5, 5.41) is 0. The molecule has 0 atom stereocenters. The van der Waals surface area contributed by atoms with Gasteiger partial charge >= 0.3 is 0 Å². The van der Waals surface area contributed by atoms with Crippen molar-refractivity contribution < 1.29 is 4.42 Å². The molecule has 0 unspecified atom stereocenters. The minimum absolute atomic E-state index is 0.229. The molecule has 2 aromatic rings. The highest BCUT2D eigenvalue weighted by molar-refractivity contribution is 5.59. The van der Waals surface area contributed by atoms with Crippen molar-refractivity contribution in [3.63, 3.8) is 0 Å². The fraction of sp³-hybridized carbons (Fsp3) is 0.308. The van der Waals surface area contributed by atoms with Crippen molar-refractivity contribution in [2.24, 2.45) is 0 Å². The van der Waals surface area contributed by atoms with Gasteiger partial charge in [0, 0.05) is 5.56 Å². The summed E-state index contributed by atoms with van der Waals surface area (Å²) in [6.45, 7) is 0. The third-order valence-electron chi connectivity index (χ3n) is 3.16. The molecule has 2 N–H and O–H groups in total. The van der Waals surface area contributed by atoms with Crippen LogP contribution in [0.15, 0.2) is 28.8 Å². The summed E-state index contributed by atoms with van der Waals surface area (Å²) in [5.41, 5.74) is 9.47. The van der Waals surface area contributed by atoms with Gasteiger partial charge in [0.25, 0.3) is 6.01 Å². The van der Waals surface area contributed by atoms with Gasteiger partial charge in [0.15, 0.2) is 5.76 Å². The van der Waals surface area contributed by atoms with Gasteiger partial charge in [0.05, 0.1) is 6.20 Å². The summed E-state index contributed by atoms with van der Waals surface area (Å²) in [5.74, 6) is 0.755. The second kappa shape index (κ2) is 3.67. The van der Waals surface area contributed by atoms with E-state index < -0.39 is 0 Å². The molecule has 3 heteroatoms. The molecule has 0 radical (unpaired) electrons. The molecule has 1 aromatic heterocycles. The van der Waals surface area contributed by atoms with Crippen molar-refractivity contribution in [1.82, 2.24) is 4.98 Å². The van der Waals surface area contributed by atoms with Crippen LogP contribution in [0.25, 0.3) is 11.3 Å². The van der Waals surface area contributed by atoms with E-state index in [1.165, 1.54) is 36.8 Å². The number of nitrogen functional groups attached to an aromatic ring is 1. The van der Waals surface area contributed by atoms with Gasteiger partial charge in [-0.1, -0.05) is 12.1 Å². The standard InChI is InChI=1S/C13H14N2O/c14-13-15-8-12(16-13)11-6-5-9-3-1-2-4-10(9)7-11/h5-8H,1-4H2,(H2,14,15). The second-order valence-electron chi connectivity index (χ2n) is 4.25. The predicted octanol–water partition coefficient (Wildman–Crippen LogP) is 2.80. The van der Waals surface area contributed by atoms with Crippen LogP contribution in [0.3, 0.4) is 0 Å². The zero-order valence-electron chi connectivity index (χ0n) is 9.07. The summed E-state index contributed by atoms with van der Waals surface area (Å²) < 4.78 is 5.33. The van der Waals surface area contributed by atoms with Crippen LogP contribution < -0.4 is 5.73 Å². The van der Waals surface area contributed by atoms with E-state index in [1.807, 2.05) is 0 Å². The van der Waals surface area contributed by atoms with Crippen molar-refractivity contribution >= 4 is 6.01 Å². The van der Waals surface area contributed by atoms with Crippen LogP contribution in [-0.4, -0.2) is 4.98 Å². The Labute approximate surface area is 94.3 Å². The monoisotopic (exact) mass is 214 g/mol. The number of benzene rings is 1. The lowest BCUT2D eigenvalue weighted by Crippen LogP contribution is -2.02. The van der Waals surface area contributed by atoms with Crippen LogP contribution in [0.4, 0.5) is 6.01 Å². The van der Waals surface area contributed by atoms with Gasteiger partial charge in [-0.2, -0.15) is 0 Å². The Balaban J connectivity index is 2.02. The van der Waals surface area contributed by atoms with E-state index in [0.717, 1.165) is 11.3 Å². The first kappa shape index (κ1) is 9.46. The van der Waals surface area contributed by atoms with E-state index in [0.29, 0.717) is 0 Å². The minimum atomic E-state index is 0.229. The van der Waals surface area contributed by atoms with E-state index in [4.69, 9.17) is 10.2 Å². The summed E-state index contributed by atoms with van der Waals surface area (Å²) in [6, 6.07) is 6.72. The summed E-state index contributed by atoms with van der Waals surface area (Å²) in [4.78, 5) is 3.92. The Bertz CT molecular complexity index is 516.